The number of ether oxygens (including phenoxy) is 2. The molecule has 0 heterocycles. The molecule has 3 heteroatoms. The number of rotatable bonds is 3. The molecule has 0 radical (unpaired) electrons. The summed E-state index contributed by atoms with van der Waals surface area (Å²) in [5, 5.41) is 0. The number of hydrogen-bond acceptors (Lipinski definition) is 3. The molecule has 0 rings (SSSR count). The molecule has 10 heavy (non-hydrogen) atoms. The van der Waals surface area contributed by atoms with Crippen LogP contribution >= 0.6 is 0 Å². The van der Waals surface area contributed by atoms with Gasteiger partial charge < -0.3 is 9.47 Å². The number of esters is 1. The van der Waals surface area contributed by atoms with Gasteiger partial charge in [-0.3, -0.25) is 0 Å². The van der Waals surface area contributed by atoms with E-state index in [1.807, 2.05) is 6.92 Å². The van der Waals surface area contributed by atoms with E-state index in [1.165, 1.54) is 7.11 Å². The topological polar surface area (TPSA) is 35.5 Å². The molecule has 0 aliphatic carbocycles. The van der Waals surface area contributed by atoms with Crippen molar-refractivity contribution < 1.29 is 14.3 Å². The van der Waals surface area contributed by atoms with Gasteiger partial charge in [0.1, 0.15) is 0 Å². The molecule has 0 amide bonds. The Bertz CT molecular complexity index is 118. The van der Waals surface area contributed by atoms with Crippen molar-refractivity contribution >= 4 is 5.97 Å². The maximum absolute atomic E-state index is 10.9. The maximum Gasteiger partial charge on any atom is 0.337 e. The van der Waals surface area contributed by atoms with Crippen molar-refractivity contribution in [2.75, 3.05) is 13.7 Å². The zero-order valence-corrected chi connectivity index (χ0v) is 6.93. The van der Waals surface area contributed by atoms with Crippen LogP contribution in [0, 0.1) is 0 Å². The van der Waals surface area contributed by atoms with Crippen LogP contribution < -0.4 is 0 Å². The van der Waals surface area contributed by atoms with Crippen LogP contribution in [0.3, 0.4) is 0 Å². The van der Waals surface area contributed by atoms with Gasteiger partial charge in [-0.1, -0.05) is 0 Å². The van der Waals surface area contributed by atoms with Crippen molar-refractivity contribution in [2.45, 2.75) is 26.4 Å². The van der Waals surface area contributed by atoms with Gasteiger partial charge in [-0.2, -0.15) is 0 Å². The van der Waals surface area contributed by atoms with E-state index in [0.717, 1.165) is 0 Å². The Morgan fingerprint density at radius 3 is 2.30 bits per heavy atom. The van der Waals surface area contributed by atoms with Gasteiger partial charge in [-0.05, 0) is 20.8 Å². The van der Waals surface area contributed by atoms with Crippen molar-refractivity contribution in [1.82, 2.24) is 0 Å². The average molecular weight is 146 g/mol. The Morgan fingerprint density at radius 2 is 2.00 bits per heavy atom. The Hall–Kier alpha value is -0.570. The summed E-state index contributed by atoms with van der Waals surface area (Å²) in [4.78, 5) is 10.9. The van der Waals surface area contributed by atoms with E-state index in [2.05, 4.69) is 4.74 Å². The fourth-order valence-corrected chi connectivity index (χ4v) is 0.666. The summed E-state index contributed by atoms with van der Waals surface area (Å²) in [6.45, 7) is 5.72. The molecule has 0 atom stereocenters. The molecule has 0 bridgehead atoms. The summed E-state index contributed by atoms with van der Waals surface area (Å²) in [5.41, 5.74) is -0.802. The summed E-state index contributed by atoms with van der Waals surface area (Å²) in [7, 11) is 1.35. The van der Waals surface area contributed by atoms with E-state index in [1.54, 1.807) is 13.8 Å². The minimum atomic E-state index is -0.802. The third-order valence-electron chi connectivity index (χ3n) is 1.18. The smallest absolute Gasteiger partial charge is 0.337 e. The maximum atomic E-state index is 10.9. The molecular weight excluding hydrogens is 132 g/mol. The van der Waals surface area contributed by atoms with Crippen LogP contribution in [0.4, 0.5) is 0 Å². The van der Waals surface area contributed by atoms with Crippen molar-refractivity contribution in [3.8, 4) is 0 Å². The first-order valence-corrected chi connectivity index (χ1v) is 3.27. The minimum Gasteiger partial charge on any atom is -0.467 e. The first kappa shape index (κ1) is 9.43. The monoisotopic (exact) mass is 146 g/mol. The highest BCUT2D eigenvalue weighted by Crippen LogP contribution is 2.09. The van der Waals surface area contributed by atoms with E-state index in [-0.39, 0.29) is 5.97 Å². The van der Waals surface area contributed by atoms with E-state index >= 15 is 0 Å². The number of hydrogen-bond donors (Lipinski definition) is 0. The Morgan fingerprint density at radius 1 is 1.50 bits per heavy atom. The van der Waals surface area contributed by atoms with Gasteiger partial charge in [0, 0.05) is 6.61 Å². The molecule has 0 aliphatic heterocycles. The number of carbonyl (C=O) groups excluding carboxylic acids is 1. The van der Waals surface area contributed by atoms with E-state index in [0.29, 0.717) is 6.61 Å². The van der Waals surface area contributed by atoms with Crippen LogP contribution in [0.15, 0.2) is 0 Å². The van der Waals surface area contributed by atoms with E-state index < -0.39 is 5.60 Å². The largest absolute Gasteiger partial charge is 0.467 e. The molecule has 60 valence electrons. The van der Waals surface area contributed by atoms with Crippen LogP contribution in [0.2, 0.25) is 0 Å². The molecule has 0 fully saturated rings. The molecule has 0 unspecified atom stereocenters. The minimum absolute atomic E-state index is 0.339. The number of carbonyl (C=O) groups is 1. The first-order chi connectivity index (χ1) is 4.54. The molecule has 0 aromatic rings. The third-order valence-corrected chi connectivity index (χ3v) is 1.18. The fourth-order valence-electron chi connectivity index (χ4n) is 0.666. The van der Waals surface area contributed by atoms with Crippen LogP contribution in [0.5, 0.6) is 0 Å². The normalized spacial score (nSPS) is 11.2. The lowest BCUT2D eigenvalue weighted by Crippen LogP contribution is -2.35. The Balaban J connectivity index is 3.96. The van der Waals surface area contributed by atoms with Crippen molar-refractivity contribution in [3.63, 3.8) is 0 Å². The molecule has 0 aromatic carbocycles. The quantitative estimate of drug-likeness (QED) is 0.557. The summed E-state index contributed by atoms with van der Waals surface area (Å²) in [5.74, 6) is -0.339. The third kappa shape index (κ3) is 2.35. The average Bonchev–Trinajstić information content (AvgIpc) is 1.86. The van der Waals surface area contributed by atoms with Crippen molar-refractivity contribution in [3.05, 3.63) is 0 Å². The highest BCUT2D eigenvalue weighted by Gasteiger charge is 2.28. The standard InChI is InChI=1S/C7H14O3/c1-5-10-7(2,3)6(8)9-4/h5H2,1-4H3. The zero-order chi connectivity index (χ0) is 8.20. The molecule has 0 aliphatic rings. The summed E-state index contributed by atoms with van der Waals surface area (Å²) in [6.07, 6.45) is 0. The van der Waals surface area contributed by atoms with Gasteiger partial charge in [0.2, 0.25) is 0 Å². The summed E-state index contributed by atoms with van der Waals surface area (Å²) in [6, 6.07) is 0. The Labute approximate surface area is 61.3 Å². The second kappa shape index (κ2) is 3.56. The number of methoxy groups -OCH3 is 1. The van der Waals surface area contributed by atoms with Crippen LogP contribution in [-0.4, -0.2) is 25.3 Å². The summed E-state index contributed by atoms with van der Waals surface area (Å²) < 4.78 is 9.61. The zero-order valence-electron chi connectivity index (χ0n) is 6.93. The van der Waals surface area contributed by atoms with Crippen molar-refractivity contribution in [2.24, 2.45) is 0 Å². The first-order valence-electron chi connectivity index (χ1n) is 3.27. The predicted molar refractivity (Wildman–Crippen MR) is 37.7 cm³/mol. The Kier molecular flexibility index (Phi) is 3.36. The molecule has 0 aromatic heterocycles. The van der Waals surface area contributed by atoms with Gasteiger partial charge in [-0.15, -0.1) is 0 Å². The molecule has 0 N–H and O–H groups in total. The second-order valence-corrected chi connectivity index (χ2v) is 2.43. The lowest BCUT2D eigenvalue weighted by molar-refractivity contribution is -0.164. The van der Waals surface area contributed by atoms with Crippen LogP contribution in [0.1, 0.15) is 20.8 Å². The lowest BCUT2D eigenvalue weighted by Gasteiger charge is -2.20. The molecule has 3 nitrogen and oxygen atoms in total. The van der Waals surface area contributed by atoms with Gasteiger partial charge in [0.25, 0.3) is 0 Å². The van der Waals surface area contributed by atoms with Crippen molar-refractivity contribution in [1.29, 1.82) is 0 Å². The summed E-state index contributed by atoms with van der Waals surface area (Å²) >= 11 is 0. The van der Waals surface area contributed by atoms with E-state index in [4.69, 9.17) is 4.74 Å². The van der Waals surface area contributed by atoms with E-state index in [9.17, 15) is 4.79 Å². The fraction of sp³-hybridized carbons (Fsp3) is 0.857. The SMILES string of the molecule is CCOC(C)(C)C(=O)OC. The van der Waals surface area contributed by atoms with Crippen LogP contribution in [0.25, 0.3) is 0 Å². The van der Waals surface area contributed by atoms with Gasteiger partial charge in [0.15, 0.2) is 5.60 Å². The molecule has 0 spiro atoms. The molecular formula is C7H14O3. The van der Waals surface area contributed by atoms with Crippen LogP contribution in [-0.2, 0) is 14.3 Å². The van der Waals surface area contributed by atoms with Gasteiger partial charge in [0.05, 0.1) is 7.11 Å². The lowest BCUT2D eigenvalue weighted by atomic mass is 10.1. The molecule has 0 saturated heterocycles. The van der Waals surface area contributed by atoms with Gasteiger partial charge >= 0.3 is 5.97 Å². The highest BCUT2D eigenvalue weighted by atomic mass is 16.6. The molecule has 0 saturated carbocycles. The predicted octanol–water partition coefficient (Wildman–Crippen LogP) is 0.975. The van der Waals surface area contributed by atoms with Gasteiger partial charge in [-0.25, -0.2) is 4.79 Å². The second-order valence-electron chi connectivity index (χ2n) is 2.43. The highest BCUT2D eigenvalue weighted by molar-refractivity contribution is 5.78.